The summed E-state index contributed by atoms with van der Waals surface area (Å²) in [5.41, 5.74) is 9.95. The third-order valence-electron chi connectivity index (χ3n) is 4.21. The van der Waals surface area contributed by atoms with E-state index in [1.807, 2.05) is 4.90 Å². The van der Waals surface area contributed by atoms with Gasteiger partial charge in [0, 0.05) is 25.6 Å². The van der Waals surface area contributed by atoms with Crippen molar-refractivity contribution in [3.8, 4) is 0 Å². The first kappa shape index (κ1) is 15.0. The zero-order valence-corrected chi connectivity index (χ0v) is 12.7. The largest absolute Gasteiger partial charge is 0.338 e. The molecule has 0 saturated heterocycles. The van der Waals surface area contributed by atoms with E-state index < -0.39 is 0 Å². The Bertz CT molecular complexity index is 470. The lowest BCUT2D eigenvalue weighted by molar-refractivity contribution is -0.132. The van der Waals surface area contributed by atoms with Crippen LogP contribution in [0.3, 0.4) is 0 Å². The fourth-order valence-electron chi connectivity index (χ4n) is 2.74. The molecular formula is C17H26N2O. The van der Waals surface area contributed by atoms with Gasteiger partial charge < -0.3 is 10.6 Å². The van der Waals surface area contributed by atoms with Crippen molar-refractivity contribution in [3.05, 3.63) is 34.9 Å². The molecule has 1 aliphatic heterocycles. The summed E-state index contributed by atoms with van der Waals surface area (Å²) < 4.78 is 0. The van der Waals surface area contributed by atoms with Crippen molar-refractivity contribution in [1.82, 2.24) is 4.90 Å². The van der Waals surface area contributed by atoms with Crippen LogP contribution in [0.2, 0.25) is 0 Å². The molecule has 0 radical (unpaired) electrons. The van der Waals surface area contributed by atoms with Crippen molar-refractivity contribution in [2.45, 2.75) is 58.5 Å². The van der Waals surface area contributed by atoms with Gasteiger partial charge in [0.05, 0.1) is 0 Å². The predicted molar refractivity (Wildman–Crippen MR) is 82.3 cm³/mol. The van der Waals surface area contributed by atoms with Gasteiger partial charge in [0.15, 0.2) is 0 Å². The van der Waals surface area contributed by atoms with Crippen molar-refractivity contribution in [2.75, 3.05) is 6.54 Å². The SMILES string of the molecule is CCCCC(=O)N1CCc2ccc(C(N)CC)cc2C1. The number of hydrogen-bond donors (Lipinski definition) is 1. The zero-order chi connectivity index (χ0) is 14.5. The second-order valence-corrected chi connectivity index (χ2v) is 5.71. The summed E-state index contributed by atoms with van der Waals surface area (Å²) in [6.45, 7) is 5.83. The molecule has 1 atom stereocenters. The van der Waals surface area contributed by atoms with Gasteiger partial charge in [-0.3, -0.25) is 4.79 Å². The molecule has 0 saturated carbocycles. The molecule has 0 aromatic heterocycles. The Hall–Kier alpha value is -1.35. The Morgan fingerprint density at radius 3 is 2.85 bits per heavy atom. The average Bonchev–Trinajstić information content (AvgIpc) is 2.50. The number of benzene rings is 1. The van der Waals surface area contributed by atoms with Gasteiger partial charge in [-0.2, -0.15) is 0 Å². The summed E-state index contributed by atoms with van der Waals surface area (Å²) in [4.78, 5) is 14.1. The molecule has 110 valence electrons. The molecule has 0 bridgehead atoms. The number of unbranched alkanes of at least 4 members (excludes halogenated alkanes) is 1. The minimum Gasteiger partial charge on any atom is -0.338 e. The van der Waals surface area contributed by atoms with Crippen LogP contribution < -0.4 is 5.73 Å². The van der Waals surface area contributed by atoms with E-state index in [0.29, 0.717) is 12.3 Å². The summed E-state index contributed by atoms with van der Waals surface area (Å²) in [7, 11) is 0. The van der Waals surface area contributed by atoms with Crippen molar-refractivity contribution in [1.29, 1.82) is 0 Å². The highest BCUT2D eigenvalue weighted by Crippen LogP contribution is 2.24. The molecule has 1 unspecified atom stereocenters. The highest BCUT2D eigenvalue weighted by atomic mass is 16.2. The summed E-state index contributed by atoms with van der Waals surface area (Å²) in [5, 5.41) is 0. The summed E-state index contributed by atoms with van der Waals surface area (Å²) in [6, 6.07) is 6.63. The molecule has 1 aromatic rings. The lowest BCUT2D eigenvalue weighted by atomic mass is 9.94. The second-order valence-electron chi connectivity index (χ2n) is 5.71. The van der Waals surface area contributed by atoms with Gasteiger partial charge in [0.1, 0.15) is 0 Å². The molecule has 2 rings (SSSR count). The van der Waals surface area contributed by atoms with E-state index in [4.69, 9.17) is 5.73 Å². The van der Waals surface area contributed by atoms with Crippen LogP contribution in [0.15, 0.2) is 18.2 Å². The molecule has 3 nitrogen and oxygen atoms in total. The van der Waals surface area contributed by atoms with Crippen molar-refractivity contribution < 1.29 is 4.79 Å². The quantitative estimate of drug-likeness (QED) is 0.896. The molecule has 0 spiro atoms. The molecule has 20 heavy (non-hydrogen) atoms. The summed E-state index contributed by atoms with van der Waals surface area (Å²) in [5.74, 6) is 0.294. The van der Waals surface area contributed by atoms with Gasteiger partial charge >= 0.3 is 0 Å². The Morgan fingerprint density at radius 2 is 2.15 bits per heavy atom. The van der Waals surface area contributed by atoms with Crippen LogP contribution in [0, 0.1) is 0 Å². The standard InChI is InChI=1S/C17H26N2O/c1-3-5-6-17(20)19-10-9-13-7-8-14(16(18)4-2)11-15(13)12-19/h7-8,11,16H,3-6,9-10,12,18H2,1-2H3. The lowest BCUT2D eigenvalue weighted by Crippen LogP contribution is -2.35. The van der Waals surface area contributed by atoms with Gasteiger partial charge in [-0.05, 0) is 36.0 Å². The van der Waals surface area contributed by atoms with Crippen molar-refractivity contribution in [3.63, 3.8) is 0 Å². The fourth-order valence-corrected chi connectivity index (χ4v) is 2.74. The Labute approximate surface area is 122 Å². The molecule has 1 aliphatic rings. The highest BCUT2D eigenvalue weighted by Gasteiger charge is 2.20. The number of carbonyl (C=O) groups is 1. The first-order valence-electron chi connectivity index (χ1n) is 7.80. The number of fused-ring (bicyclic) bond motifs is 1. The van der Waals surface area contributed by atoms with Gasteiger partial charge in [-0.25, -0.2) is 0 Å². The van der Waals surface area contributed by atoms with Crippen LogP contribution in [0.5, 0.6) is 0 Å². The van der Waals surface area contributed by atoms with E-state index in [1.54, 1.807) is 0 Å². The Morgan fingerprint density at radius 1 is 1.35 bits per heavy atom. The van der Waals surface area contributed by atoms with Crippen LogP contribution in [-0.2, 0) is 17.8 Å². The van der Waals surface area contributed by atoms with Crippen LogP contribution in [0.4, 0.5) is 0 Å². The smallest absolute Gasteiger partial charge is 0.222 e. The fraction of sp³-hybridized carbons (Fsp3) is 0.588. The van der Waals surface area contributed by atoms with Crippen LogP contribution in [0.25, 0.3) is 0 Å². The summed E-state index contributed by atoms with van der Waals surface area (Å²) in [6.07, 6.45) is 4.65. The first-order chi connectivity index (χ1) is 9.65. The maximum absolute atomic E-state index is 12.1. The zero-order valence-electron chi connectivity index (χ0n) is 12.7. The van der Waals surface area contributed by atoms with Crippen LogP contribution in [-0.4, -0.2) is 17.4 Å². The average molecular weight is 274 g/mol. The van der Waals surface area contributed by atoms with E-state index in [2.05, 4.69) is 32.0 Å². The van der Waals surface area contributed by atoms with Gasteiger partial charge in [-0.15, -0.1) is 0 Å². The second kappa shape index (κ2) is 6.89. The third kappa shape index (κ3) is 3.40. The Kier molecular flexibility index (Phi) is 5.18. The molecule has 0 aliphatic carbocycles. The van der Waals surface area contributed by atoms with Crippen molar-refractivity contribution in [2.24, 2.45) is 5.73 Å². The number of amides is 1. The molecular weight excluding hydrogens is 248 g/mol. The minimum atomic E-state index is 0.103. The van der Waals surface area contributed by atoms with Crippen LogP contribution in [0.1, 0.15) is 62.3 Å². The highest BCUT2D eigenvalue weighted by molar-refractivity contribution is 5.76. The molecule has 1 amide bonds. The Balaban J connectivity index is 2.09. The summed E-state index contributed by atoms with van der Waals surface area (Å²) >= 11 is 0. The van der Waals surface area contributed by atoms with Gasteiger partial charge in [-0.1, -0.05) is 38.5 Å². The number of rotatable bonds is 5. The number of nitrogens with two attached hydrogens (primary N) is 1. The molecule has 2 N–H and O–H groups in total. The first-order valence-corrected chi connectivity index (χ1v) is 7.80. The van der Waals surface area contributed by atoms with E-state index in [9.17, 15) is 4.79 Å². The van der Waals surface area contributed by atoms with Crippen molar-refractivity contribution >= 4 is 5.91 Å². The number of nitrogens with zero attached hydrogens (tertiary/aromatic N) is 1. The van der Waals surface area contributed by atoms with E-state index in [1.165, 1.54) is 16.7 Å². The normalized spacial score (nSPS) is 15.8. The topological polar surface area (TPSA) is 46.3 Å². The predicted octanol–water partition coefficient (Wildman–Crippen LogP) is 3.17. The molecule has 0 fully saturated rings. The van der Waals surface area contributed by atoms with E-state index in [0.717, 1.165) is 38.8 Å². The minimum absolute atomic E-state index is 0.103. The maximum Gasteiger partial charge on any atom is 0.222 e. The molecule has 1 aromatic carbocycles. The molecule has 3 heteroatoms. The monoisotopic (exact) mass is 274 g/mol. The maximum atomic E-state index is 12.1. The lowest BCUT2D eigenvalue weighted by Gasteiger charge is -2.29. The van der Waals surface area contributed by atoms with E-state index in [-0.39, 0.29) is 6.04 Å². The molecule has 1 heterocycles. The van der Waals surface area contributed by atoms with E-state index >= 15 is 0 Å². The van der Waals surface area contributed by atoms with Gasteiger partial charge in [0.25, 0.3) is 0 Å². The van der Waals surface area contributed by atoms with Crippen LogP contribution >= 0.6 is 0 Å². The van der Waals surface area contributed by atoms with Gasteiger partial charge in [0.2, 0.25) is 5.91 Å². The number of carbonyl (C=O) groups excluding carboxylic acids is 1. The third-order valence-corrected chi connectivity index (χ3v) is 4.21. The number of hydrogen-bond acceptors (Lipinski definition) is 2.